The molecule has 0 radical (unpaired) electrons. The molecule has 0 aliphatic rings. The smallest absolute Gasteiger partial charge is 0.195 e. The normalized spacial score (nSPS) is 12.3. The van der Waals surface area contributed by atoms with Gasteiger partial charge in [0.1, 0.15) is 0 Å². The van der Waals surface area contributed by atoms with Crippen molar-refractivity contribution in [3.63, 3.8) is 0 Å². The summed E-state index contributed by atoms with van der Waals surface area (Å²) in [5.74, 6) is 0. The molecule has 0 spiro atoms. The largest absolute Gasteiger partial charge is 0.398 e. The number of thiazole rings is 1. The number of anilines is 5. The third-order valence-corrected chi connectivity index (χ3v) is 10.4. The molecule has 5 aromatic carbocycles. The molecule has 0 saturated heterocycles. The second-order valence-electron chi connectivity index (χ2n) is 11.4. The van der Waals surface area contributed by atoms with Crippen molar-refractivity contribution >= 4 is 56.7 Å². The number of para-hydroxylation sites is 2. The van der Waals surface area contributed by atoms with E-state index >= 15 is 0 Å². The number of hydrogen-bond acceptors (Lipinski definition) is 6. The van der Waals surface area contributed by atoms with Gasteiger partial charge in [-0.05, 0) is 81.3 Å². The van der Waals surface area contributed by atoms with Gasteiger partial charge in [0.05, 0.1) is 11.1 Å². The molecule has 6 aromatic rings. The van der Waals surface area contributed by atoms with Gasteiger partial charge >= 0.3 is 0 Å². The zero-order valence-electron chi connectivity index (χ0n) is 27.3. The number of benzene rings is 5. The van der Waals surface area contributed by atoms with Gasteiger partial charge in [-0.25, -0.2) is 4.98 Å². The van der Waals surface area contributed by atoms with Crippen LogP contribution >= 0.6 is 23.1 Å². The summed E-state index contributed by atoms with van der Waals surface area (Å²) in [5, 5.41) is 1.04. The standard InChI is InChI=1S/C41H40N4S2/c1-5-38-40(33-15-9-6-10-16-33)43-41(47-38)45(35-19-13-8-14-20-35)37-27-25-36(26-28-37)44(34-17-11-7-12-18-34)31(4)46-30(3)39(42)32-23-21-29(2)22-24-32/h6-28,31H,5,42H2,1-4H3/b39-30-. The van der Waals surface area contributed by atoms with E-state index in [0.717, 1.165) is 61.7 Å². The predicted octanol–water partition coefficient (Wildman–Crippen LogP) is 11.7. The molecule has 0 saturated carbocycles. The predicted molar refractivity (Wildman–Crippen MR) is 205 cm³/mol. The highest BCUT2D eigenvalue weighted by molar-refractivity contribution is 8.03. The summed E-state index contributed by atoms with van der Waals surface area (Å²) in [5.41, 5.74) is 16.3. The second kappa shape index (κ2) is 14.8. The zero-order chi connectivity index (χ0) is 32.8. The van der Waals surface area contributed by atoms with E-state index in [2.05, 4.69) is 177 Å². The Labute approximate surface area is 287 Å². The van der Waals surface area contributed by atoms with Crippen molar-refractivity contribution in [1.82, 2.24) is 4.98 Å². The SMILES string of the molecule is CCc1sc(N(c2ccccc2)c2ccc(N(c3ccccc3)C(C)S/C(C)=C(\N)c3ccc(C)cc3)cc2)nc1-c1ccccc1. The summed E-state index contributed by atoms with van der Waals surface area (Å²) >= 11 is 3.53. The first-order valence-corrected chi connectivity index (χ1v) is 17.7. The minimum atomic E-state index is 0.0805. The van der Waals surface area contributed by atoms with Gasteiger partial charge in [0.25, 0.3) is 0 Å². The van der Waals surface area contributed by atoms with Crippen LogP contribution < -0.4 is 15.5 Å². The maximum atomic E-state index is 6.67. The van der Waals surface area contributed by atoms with E-state index in [1.807, 2.05) is 0 Å². The summed E-state index contributed by atoms with van der Waals surface area (Å²) in [6, 6.07) is 48.8. The fourth-order valence-electron chi connectivity index (χ4n) is 5.67. The van der Waals surface area contributed by atoms with E-state index in [0.29, 0.717) is 0 Å². The summed E-state index contributed by atoms with van der Waals surface area (Å²) in [6.07, 6.45) is 0.924. The van der Waals surface area contributed by atoms with Gasteiger partial charge in [-0.2, -0.15) is 0 Å². The number of aromatic nitrogens is 1. The number of hydrogen-bond donors (Lipinski definition) is 1. The van der Waals surface area contributed by atoms with E-state index in [1.54, 1.807) is 23.1 Å². The molecule has 1 aromatic heterocycles. The average Bonchev–Trinajstić information content (AvgIpc) is 3.54. The molecular weight excluding hydrogens is 613 g/mol. The molecule has 4 nitrogen and oxygen atoms in total. The molecule has 1 atom stereocenters. The topological polar surface area (TPSA) is 45.4 Å². The Kier molecular flexibility index (Phi) is 10.1. The van der Waals surface area contributed by atoms with Crippen molar-refractivity contribution in [3.05, 3.63) is 160 Å². The minimum Gasteiger partial charge on any atom is -0.398 e. The molecule has 47 heavy (non-hydrogen) atoms. The average molecular weight is 653 g/mol. The van der Waals surface area contributed by atoms with E-state index in [4.69, 9.17) is 10.7 Å². The molecule has 0 aliphatic heterocycles. The lowest BCUT2D eigenvalue weighted by Crippen LogP contribution is -2.26. The summed E-state index contributed by atoms with van der Waals surface area (Å²) in [4.78, 5) is 12.2. The van der Waals surface area contributed by atoms with Crippen LogP contribution in [0.15, 0.2) is 144 Å². The maximum Gasteiger partial charge on any atom is 0.195 e. The van der Waals surface area contributed by atoms with E-state index in [1.165, 1.54) is 10.4 Å². The van der Waals surface area contributed by atoms with Gasteiger partial charge in [0, 0.05) is 43.8 Å². The van der Waals surface area contributed by atoms with Gasteiger partial charge < -0.3 is 10.6 Å². The fraction of sp³-hybridized carbons (Fsp3) is 0.146. The van der Waals surface area contributed by atoms with Crippen LogP contribution in [0.4, 0.5) is 27.9 Å². The Balaban J connectivity index is 1.36. The molecule has 1 heterocycles. The number of aryl methyl sites for hydroxylation is 2. The van der Waals surface area contributed by atoms with Crippen LogP contribution in [-0.2, 0) is 6.42 Å². The van der Waals surface area contributed by atoms with E-state index in [9.17, 15) is 0 Å². The lowest BCUT2D eigenvalue weighted by Gasteiger charge is -2.32. The van der Waals surface area contributed by atoms with Crippen molar-refractivity contribution < 1.29 is 0 Å². The molecule has 2 N–H and O–H groups in total. The Bertz CT molecular complexity index is 1920. The minimum absolute atomic E-state index is 0.0805. The summed E-state index contributed by atoms with van der Waals surface area (Å²) in [6.45, 7) is 8.65. The number of nitrogens with two attached hydrogens (primary N) is 1. The van der Waals surface area contributed by atoms with Crippen LogP contribution in [0.2, 0.25) is 0 Å². The zero-order valence-corrected chi connectivity index (χ0v) is 28.9. The van der Waals surface area contributed by atoms with Crippen LogP contribution in [0.1, 0.15) is 36.8 Å². The first-order valence-electron chi connectivity index (χ1n) is 16.0. The van der Waals surface area contributed by atoms with Gasteiger partial charge in [-0.3, -0.25) is 4.90 Å². The Morgan fingerprint density at radius 2 is 1.23 bits per heavy atom. The lowest BCUT2D eigenvalue weighted by molar-refractivity contribution is 0.960. The first-order chi connectivity index (χ1) is 22.9. The summed E-state index contributed by atoms with van der Waals surface area (Å²) < 4.78 is 0. The summed E-state index contributed by atoms with van der Waals surface area (Å²) in [7, 11) is 0. The molecule has 0 aliphatic carbocycles. The van der Waals surface area contributed by atoms with E-state index in [-0.39, 0.29) is 5.37 Å². The lowest BCUT2D eigenvalue weighted by atomic mass is 10.1. The quantitative estimate of drug-likeness (QED) is 0.141. The maximum absolute atomic E-state index is 6.67. The van der Waals surface area contributed by atoms with Crippen molar-refractivity contribution in [2.24, 2.45) is 5.73 Å². The molecular formula is C41H40N4S2. The van der Waals surface area contributed by atoms with Gasteiger partial charge in [-0.15, -0.1) is 23.1 Å². The number of allylic oxidation sites excluding steroid dienone is 1. The molecule has 236 valence electrons. The molecule has 0 amide bonds. The monoisotopic (exact) mass is 652 g/mol. The van der Waals surface area contributed by atoms with Crippen LogP contribution in [0.3, 0.4) is 0 Å². The van der Waals surface area contributed by atoms with Crippen LogP contribution in [0.5, 0.6) is 0 Å². The molecule has 1 unspecified atom stereocenters. The molecule has 6 rings (SSSR count). The van der Waals surface area contributed by atoms with Crippen molar-refractivity contribution in [2.75, 3.05) is 9.80 Å². The third-order valence-electron chi connectivity index (χ3n) is 8.13. The van der Waals surface area contributed by atoms with Crippen LogP contribution in [0.25, 0.3) is 17.0 Å². The van der Waals surface area contributed by atoms with Gasteiger partial charge in [0.2, 0.25) is 0 Å². The number of nitrogens with zero attached hydrogens (tertiary/aromatic N) is 3. The Morgan fingerprint density at radius 1 is 0.723 bits per heavy atom. The highest BCUT2D eigenvalue weighted by Crippen LogP contribution is 2.43. The third kappa shape index (κ3) is 7.30. The van der Waals surface area contributed by atoms with Crippen LogP contribution in [0, 0.1) is 6.92 Å². The van der Waals surface area contributed by atoms with Crippen molar-refractivity contribution in [3.8, 4) is 11.3 Å². The number of rotatable bonds is 11. The second-order valence-corrected chi connectivity index (χ2v) is 14.0. The van der Waals surface area contributed by atoms with Gasteiger partial charge in [-0.1, -0.05) is 103 Å². The Hall–Kier alpha value is -4.78. The molecule has 0 bridgehead atoms. The molecule has 6 heteroatoms. The van der Waals surface area contributed by atoms with Crippen LogP contribution in [-0.4, -0.2) is 10.4 Å². The first kappa shape index (κ1) is 32.2. The molecule has 0 fully saturated rings. The van der Waals surface area contributed by atoms with Gasteiger partial charge in [0.15, 0.2) is 5.13 Å². The number of thioether (sulfide) groups is 1. The highest BCUT2D eigenvalue weighted by atomic mass is 32.2. The Morgan fingerprint density at radius 3 is 1.83 bits per heavy atom. The van der Waals surface area contributed by atoms with E-state index < -0.39 is 0 Å². The van der Waals surface area contributed by atoms with Crippen molar-refractivity contribution in [1.29, 1.82) is 0 Å². The highest BCUT2D eigenvalue weighted by Gasteiger charge is 2.22. The van der Waals surface area contributed by atoms with Crippen molar-refractivity contribution in [2.45, 2.75) is 39.5 Å². The fourth-order valence-corrected chi connectivity index (χ4v) is 7.84.